The second kappa shape index (κ2) is 5.66. The van der Waals surface area contributed by atoms with Gasteiger partial charge in [-0.05, 0) is 16.3 Å². The maximum atomic E-state index is 11.9. The molecule has 5 heteroatoms. The number of fused-ring (bicyclic) bond motifs is 1. The molecule has 3 aromatic rings. The highest BCUT2D eigenvalue weighted by atomic mass is 16.2. The Kier molecular flexibility index (Phi) is 3.55. The van der Waals surface area contributed by atoms with Gasteiger partial charge in [-0.25, -0.2) is 0 Å². The third-order valence-corrected chi connectivity index (χ3v) is 3.31. The van der Waals surface area contributed by atoms with Crippen molar-refractivity contribution in [2.45, 2.75) is 13.1 Å². The smallest absolute Gasteiger partial charge is 0.241 e. The van der Waals surface area contributed by atoms with Gasteiger partial charge in [0.2, 0.25) is 5.91 Å². The van der Waals surface area contributed by atoms with Crippen LogP contribution in [0.5, 0.6) is 0 Å². The third-order valence-electron chi connectivity index (χ3n) is 3.31. The molecule has 1 amide bonds. The van der Waals surface area contributed by atoms with E-state index in [0.717, 1.165) is 10.9 Å². The van der Waals surface area contributed by atoms with Crippen LogP contribution in [0.25, 0.3) is 10.8 Å². The minimum atomic E-state index is -0.0916. The minimum Gasteiger partial charge on any atom is -0.396 e. The van der Waals surface area contributed by atoms with Crippen molar-refractivity contribution in [3.8, 4) is 0 Å². The van der Waals surface area contributed by atoms with Crippen molar-refractivity contribution in [2.24, 2.45) is 0 Å². The number of benzene rings is 2. The van der Waals surface area contributed by atoms with Crippen LogP contribution in [0.15, 0.2) is 54.9 Å². The van der Waals surface area contributed by atoms with Gasteiger partial charge in [0.05, 0.1) is 11.9 Å². The van der Waals surface area contributed by atoms with Gasteiger partial charge in [-0.2, -0.15) is 5.10 Å². The van der Waals surface area contributed by atoms with Crippen LogP contribution in [-0.4, -0.2) is 15.7 Å². The summed E-state index contributed by atoms with van der Waals surface area (Å²) in [5.74, 6) is -0.0916. The van der Waals surface area contributed by atoms with Crippen molar-refractivity contribution in [1.29, 1.82) is 0 Å². The van der Waals surface area contributed by atoms with E-state index in [0.29, 0.717) is 12.2 Å². The molecule has 0 saturated heterocycles. The van der Waals surface area contributed by atoms with E-state index in [-0.39, 0.29) is 12.5 Å². The molecule has 0 fully saturated rings. The Labute approximate surface area is 122 Å². The summed E-state index contributed by atoms with van der Waals surface area (Å²) < 4.78 is 1.52. The summed E-state index contributed by atoms with van der Waals surface area (Å²) in [5, 5.41) is 9.23. The second-order valence-corrected chi connectivity index (χ2v) is 4.89. The number of nitrogens with zero attached hydrogens (tertiary/aromatic N) is 2. The monoisotopic (exact) mass is 280 g/mol. The standard InChI is InChI=1S/C16H16N4O/c17-14-9-19-20(10-14)11-16(21)18-8-13-6-3-5-12-4-1-2-7-15(12)13/h1-7,9-10H,8,11,17H2,(H,18,21). The predicted octanol–water partition coefficient (Wildman–Crippen LogP) is 1.93. The van der Waals surface area contributed by atoms with Gasteiger partial charge in [0, 0.05) is 12.7 Å². The van der Waals surface area contributed by atoms with Crippen LogP contribution in [0.4, 0.5) is 5.69 Å². The van der Waals surface area contributed by atoms with Gasteiger partial charge in [0.25, 0.3) is 0 Å². The zero-order valence-electron chi connectivity index (χ0n) is 11.5. The molecule has 1 heterocycles. The average Bonchev–Trinajstić information content (AvgIpc) is 2.90. The predicted molar refractivity (Wildman–Crippen MR) is 82.4 cm³/mol. The van der Waals surface area contributed by atoms with Crippen molar-refractivity contribution in [3.63, 3.8) is 0 Å². The first-order valence-corrected chi connectivity index (χ1v) is 6.73. The van der Waals surface area contributed by atoms with Gasteiger partial charge in [-0.1, -0.05) is 42.5 Å². The molecule has 0 unspecified atom stereocenters. The first-order valence-electron chi connectivity index (χ1n) is 6.73. The van der Waals surface area contributed by atoms with E-state index in [1.165, 1.54) is 16.3 Å². The molecule has 0 aliphatic carbocycles. The lowest BCUT2D eigenvalue weighted by molar-refractivity contribution is -0.122. The fraction of sp³-hybridized carbons (Fsp3) is 0.125. The second-order valence-electron chi connectivity index (χ2n) is 4.89. The first kappa shape index (κ1) is 13.2. The lowest BCUT2D eigenvalue weighted by Crippen LogP contribution is -2.27. The highest BCUT2D eigenvalue weighted by molar-refractivity contribution is 5.86. The maximum Gasteiger partial charge on any atom is 0.241 e. The van der Waals surface area contributed by atoms with Gasteiger partial charge in [-0.15, -0.1) is 0 Å². The Morgan fingerprint density at radius 1 is 1.19 bits per heavy atom. The molecule has 3 rings (SSSR count). The Morgan fingerprint density at radius 3 is 2.81 bits per heavy atom. The van der Waals surface area contributed by atoms with E-state index in [4.69, 9.17) is 5.73 Å². The summed E-state index contributed by atoms with van der Waals surface area (Å²) in [4.78, 5) is 11.9. The Bertz CT molecular complexity index is 773. The number of rotatable bonds is 4. The van der Waals surface area contributed by atoms with Gasteiger partial charge in [0.1, 0.15) is 6.54 Å². The molecule has 0 atom stereocenters. The molecule has 0 spiro atoms. The molecule has 106 valence electrons. The van der Waals surface area contributed by atoms with Crippen LogP contribution >= 0.6 is 0 Å². The molecule has 0 saturated carbocycles. The maximum absolute atomic E-state index is 11.9. The number of hydrogen-bond acceptors (Lipinski definition) is 3. The summed E-state index contributed by atoms with van der Waals surface area (Å²) in [5.41, 5.74) is 7.22. The average molecular weight is 280 g/mol. The molecular formula is C16H16N4O. The van der Waals surface area contributed by atoms with Crippen LogP contribution in [0.3, 0.4) is 0 Å². The van der Waals surface area contributed by atoms with Crippen molar-refractivity contribution in [1.82, 2.24) is 15.1 Å². The molecule has 0 radical (unpaired) electrons. The molecule has 0 bridgehead atoms. The lowest BCUT2D eigenvalue weighted by Gasteiger charge is -2.08. The molecule has 2 aromatic carbocycles. The summed E-state index contributed by atoms with van der Waals surface area (Å²) in [7, 11) is 0. The molecule has 21 heavy (non-hydrogen) atoms. The molecule has 0 aliphatic heterocycles. The van der Waals surface area contributed by atoms with E-state index < -0.39 is 0 Å². The van der Waals surface area contributed by atoms with Crippen molar-refractivity contribution >= 4 is 22.4 Å². The molecule has 1 aromatic heterocycles. The van der Waals surface area contributed by atoms with Crippen LogP contribution < -0.4 is 11.1 Å². The number of aromatic nitrogens is 2. The molecule has 3 N–H and O–H groups in total. The molecular weight excluding hydrogens is 264 g/mol. The van der Waals surface area contributed by atoms with E-state index in [2.05, 4.69) is 28.6 Å². The topological polar surface area (TPSA) is 72.9 Å². The number of nitrogens with two attached hydrogens (primary N) is 1. The normalized spacial score (nSPS) is 10.7. The van der Waals surface area contributed by atoms with Crippen molar-refractivity contribution in [2.75, 3.05) is 5.73 Å². The fourth-order valence-corrected chi connectivity index (χ4v) is 2.31. The van der Waals surface area contributed by atoms with Crippen molar-refractivity contribution in [3.05, 3.63) is 60.4 Å². The number of carbonyl (C=O) groups is 1. The summed E-state index contributed by atoms with van der Waals surface area (Å²) in [6.45, 7) is 0.666. The van der Waals surface area contributed by atoms with Crippen LogP contribution in [0.2, 0.25) is 0 Å². The number of amides is 1. The zero-order valence-corrected chi connectivity index (χ0v) is 11.5. The number of hydrogen-bond donors (Lipinski definition) is 2. The molecule has 0 aliphatic rings. The Morgan fingerprint density at radius 2 is 2.00 bits per heavy atom. The number of nitrogen functional groups attached to an aromatic ring is 1. The fourth-order valence-electron chi connectivity index (χ4n) is 2.31. The number of anilines is 1. The third kappa shape index (κ3) is 3.02. The quantitative estimate of drug-likeness (QED) is 0.767. The van der Waals surface area contributed by atoms with Gasteiger partial charge >= 0.3 is 0 Å². The zero-order chi connectivity index (χ0) is 14.7. The highest BCUT2D eigenvalue weighted by Gasteiger charge is 2.05. The largest absolute Gasteiger partial charge is 0.396 e. The summed E-state index contributed by atoms with van der Waals surface area (Å²) >= 11 is 0. The van der Waals surface area contributed by atoms with Gasteiger partial charge in [0.15, 0.2) is 0 Å². The van der Waals surface area contributed by atoms with E-state index >= 15 is 0 Å². The number of nitrogens with one attached hydrogen (secondary N) is 1. The minimum absolute atomic E-state index is 0.0916. The van der Waals surface area contributed by atoms with Gasteiger partial charge in [-0.3, -0.25) is 9.48 Å². The molecule has 5 nitrogen and oxygen atoms in total. The lowest BCUT2D eigenvalue weighted by atomic mass is 10.0. The van der Waals surface area contributed by atoms with Crippen molar-refractivity contribution < 1.29 is 4.79 Å². The van der Waals surface area contributed by atoms with E-state index in [1.807, 2.05) is 24.3 Å². The first-order chi connectivity index (χ1) is 10.2. The SMILES string of the molecule is Nc1cnn(CC(=O)NCc2cccc3ccccc23)c1. The van der Waals surface area contributed by atoms with Crippen LogP contribution in [-0.2, 0) is 17.9 Å². The van der Waals surface area contributed by atoms with E-state index in [9.17, 15) is 4.79 Å². The summed E-state index contributed by atoms with van der Waals surface area (Å²) in [6, 6.07) is 14.2. The summed E-state index contributed by atoms with van der Waals surface area (Å²) in [6.07, 6.45) is 3.16. The number of carbonyl (C=O) groups excluding carboxylic acids is 1. The Hall–Kier alpha value is -2.82. The van der Waals surface area contributed by atoms with E-state index in [1.54, 1.807) is 6.20 Å². The Balaban J connectivity index is 1.67. The highest BCUT2D eigenvalue weighted by Crippen LogP contribution is 2.18. The van der Waals surface area contributed by atoms with Gasteiger partial charge < -0.3 is 11.1 Å². The van der Waals surface area contributed by atoms with Crippen LogP contribution in [0, 0.1) is 0 Å². The van der Waals surface area contributed by atoms with Crippen LogP contribution in [0.1, 0.15) is 5.56 Å².